The molecule has 2 N–H and O–H groups in total. The van der Waals surface area contributed by atoms with E-state index in [1.807, 2.05) is 6.92 Å². The molecule has 0 fully saturated rings. The molecule has 0 spiro atoms. The molecule has 1 aromatic heterocycles. The van der Waals surface area contributed by atoms with E-state index in [4.69, 9.17) is 11.6 Å². The van der Waals surface area contributed by atoms with E-state index in [1.165, 1.54) is 0 Å². The summed E-state index contributed by atoms with van der Waals surface area (Å²) >= 11 is 5.73. The predicted octanol–water partition coefficient (Wildman–Crippen LogP) is 6.00. The van der Waals surface area contributed by atoms with Crippen LogP contribution in [-0.4, -0.2) is 22.4 Å². The monoisotopic (exact) mass is 428 g/mol. The quantitative estimate of drug-likeness (QED) is 0.552. The third-order valence-electron chi connectivity index (χ3n) is 3.43. The third-order valence-corrected chi connectivity index (χ3v) is 3.73. The molecule has 154 valence electrons. The van der Waals surface area contributed by atoms with Gasteiger partial charge in [-0.2, -0.15) is 18.2 Å². The van der Waals surface area contributed by atoms with Crippen LogP contribution in [0.3, 0.4) is 0 Å². The van der Waals surface area contributed by atoms with Gasteiger partial charge in [-0.05, 0) is 31.5 Å². The predicted molar refractivity (Wildman–Crippen MR) is 91.8 cm³/mol. The summed E-state index contributed by atoms with van der Waals surface area (Å²) < 4.78 is 79.8. The Morgan fingerprint density at radius 1 is 1.11 bits per heavy atom. The van der Waals surface area contributed by atoms with E-state index in [9.17, 15) is 26.3 Å². The van der Waals surface area contributed by atoms with Crippen LogP contribution >= 0.6 is 11.6 Å². The Bertz CT molecular complexity index is 828. The molecule has 0 aliphatic heterocycles. The summed E-state index contributed by atoms with van der Waals surface area (Å²) in [4.78, 5) is 7.40. The smallest absolute Gasteiger partial charge is 0.404 e. The lowest BCUT2D eigenvalue weighted by molar-refractivity contribution is -0.274. The Morgan fingerprint density at radius 3 is 2.32 bits per heavy atom. The second-order valence-electron chi connectivity index (χ2n) is 5.73. The molecule has 0 amide bonds. The van der Waals surface area contributed by atoms with E-state index < -0.39 is 24.0 Å². The minimum atomic E-state index is -4.93. The fraction of sp³-hybridized carbons (Fsp3) is 0.375. The first-order chi connectivity index (χ1) is 12.9. The van der Waals surface area contributed by atoms with Gasteiger partial charge in [-0.3, -0.25) is 0 Å². The van der Waals surface area contributed by atoms with Crippen molar-refractivity contribution in [2.24, 2.45) is 0 Å². The van der Waals surface area contributed by atoms with Gasteiger partial charge in [-0.15, -0.1) is 13.2 Å². The van der Waals surface area contributed by atoms with Crippen molar-refractivity contribution < 1.29 is 31.1 Å². The number of rotatable bonds is 6. The summed E-state index contributed by atoms with van der Waals surface area (Å²) in [6, 6.07) is 3.66. The fourth-order valence-corrected chi connectivity index (χ4v) is 2.20. The van der Waals surface area contributed by atoms with E-state index in [2.05, 4.69) is 25.3 Å². The average molecular weight is 429 g/mol. The third kappa shape index (κ3) is 6.32. The molecule has 2 aromatic rings. The lowest BCUT2D eigenvalue weighted by Crippen LogP contribution is -2.19. The number of benzene rings is 1. The molecule has 28 heavy (non-hydrogen) atoms. The van der Waals surface area contributed by atoms with E-state index >= 15 is 0 Å². The summed E-state index contributed by atoms with van der Waals surface area (Å²) in [6.45, 7) is 3.58. The maximum atomic E-state index is 13.1. The number of aromatic nitrogens is 2. The topological polar surface area (TPSA) is 59.1 Å². The van der Waals surface area contributed by atoms with Crippen molar-refractivity contribution in [1.29, 1.82) is 0 Å². The minimum Gasteiger partial charge on any atom is -0.404 e. The summed E-state index contributed by atoms with van der Waals surface area (Å²) in [5.74, 6) is -1.10. The van der Waals surface area contributed by atoms with Crippen molar-refractivity contribution in [1.82, 2.24) is 9.97 Å². The number of alkyl halides is 6. The second kappa shape index (κ2) is 8.29. The van der Waals surface area contributed by atoms with Crippen molar-refractivity contribution in [2.75, 3.05) is 10.6 Å². The van der Waals surface area contributed by atoms with Gasteiger partial charge in [0.25, 0.3) is 0 Å². The highest BCUT2D eigenvalue weighted by atomic mass is 35.5. The van der Waals surface area contributed by atoms with E-state index in [-0.39, 0.29) is 28.5 Å². The van der Waals surface area contributed by atoms with Crippen LogP contribution in [0.1, 0.15) is 26.0 Å². The Balaban J connectivity index is 2.31. The minimum absolute atomic E-state index is 0.112. The first kappa shape index (κ1) is 21.9. The van der Waals surface area contributed by atoms with Crippen molar-refractivity contribution >= 4 is 29.1 Å². The molecule has 0 aliphatic rings. The number of nitrogens with zero attached hydrogens (tertiary/aromatic N) is 2. The number of nitrogens with one attached hydrogen (secondary N) is 2. The molecule has 0 unspecified atom stereocenters. The van der Waals surface area contributed by atoms with Gasteiger partial charge in [0.1, 0.15) is 11.6 Å². The number of halogens is 7. The zero-order chi connectivity index (χ0) is 21.1. The van der Waals surface area contributed by atoms with Gasteiger partial charge < -0.3 is 15.4 Å². The summed E-state index contributed by atoms with van der Waals surface area (Å²) in [7, 11) is 0. The van der Waals surface area contributed by atoms with E-state index in [0.717, 1.165) is 18.2 Å². The zero-order valence-electron chi connectivity index (χ0n) is 14.5. The molecule has 2 rings (SSSR count). The Kier molecular flexibility index (Phi) is 6.48. The SMILES string of the molecule is CC[C@H](C)Nc1nc(Nc2ccc(OC(F)(F)F)c(Cl)c2)cc(C(F)(F)F)n1. The molecule has 0 radical (unpaired) electrons. The number of hydrogen-bond donors (Lipinski definition) is 2. The van der Waals surface area contributed by atoms with E-state index in [0.29, 0.717) is 12.5 Å². The Labute approximate surface area is 161 Å². The van der Waals surface area contributed by atoms with Crippen LogP contribution in [0.4, 0.5) is 43.8 Å². The van der Waals surface area contributed by atoms with Gasteiger partial charge in [0, 0.05) is 17.8 Å². The van der Waals surface area contributed by atoms with Crippen molar-refractivity contribution in [3.05, 3.63) is 35.0 Å². The van der Waals surface area contributed by atoms with Crippen LogP contribution in [0.2, 0.25) is 5.02 Å². The van der Waals surface area contributed by atoms with Gasteiger partial charge in [0.15, 0.2) is 5.69 Å². The maximum absolute atomic E-state index is 13.1. The molecular weight excluding hydrogens is 414 g/mol. The Morgan fingerprint density at radius 2 is 1.79 bits per heavy atom. The van der Waals surface area contributed by atoms with Crippen LogP contribution in [0.5, 0.6) is 5.75 Å². The number of ether oxygens (including phenoxy) is 1. The highest BCUT2D eigenvalue weighted by Gasteiger charge is 2.34. The van der Waals surface area contributed by atoms with Crippen LogP contribution in [0.15, 0.2) is 24.3 Å². The van der Waals surface area contributed by atoms with Crippen LogP contribution < -0.4 is 15.4 Å². The summed E-state index contributed by atoms with van der Waals surface area (Å²) in [5, 5.41) is 4.93. The molecule has 1 heterocycles. The number of hydrogen-bond acceptors (Lipinski definition) is 5. The molecule has 1 atom stereocenters. The van der Waals surface area contributed by atoms with Gasteiger partial charge in [-0.25, -0.2) is 4.98 Å². The normalized spacial score (nSPS) is 13.2. The molecular formula is C16H15ClF6N4O. The highest BCUT2D eigenvalue weighted by molar-refractivity contribution is 6.32. The lowest BCUT2D eigenvalue weighted by atomic mass is 10.2. The van der Waals surface area contributed by atoms with Gasteiger partial charge in [0.2, 0.25) is 5.95 Å². The largest absolute Gasteiger partial charge is 0.573 e. The zero-order valence-corrected chi connectivity index (χ0v) is 15.3. The van der Waals surface area contributed by atoms with Crippen LogP contribution in [0.25, 0.3) is 0 Å². The molecule has 0 saturated carbocycles. The van der Waals surface area contributed by atoms with E-state index in [1.54, 1.807) is 6.92 Å². The molecule has 0 bridgehead atoms. The molecule has 12 heteroatoms. The average Bonchev–Trinajstić information content (AvgIpc) is 2.55. The first-order valence-electron chi connectivity index (χ1n) is 7.92. The van der Waals surface area contributed by atoms with Crippen LogP contribution in [0, 0.1) is 0 Å². The lowest BCUT2D eigenvalue weighted by Gasteiger charge is -2.16. The standard InChI is InChI=1S/C16H15ClF6N4O/c1-3-8(2)24-14-26-12(15(18,19)20)7-13(27-14)25-9-4-5-11(10(17)6-9)28-16(21,22)23/h4-8H,3H2,1-2H3,(H2,24,25,26,27)/t8-/m0/s1. The Hall–Kier alpha value is -2.43. The van der Waals surface area contributed by atoms with Crippen molar-refractivity contribution in [2.45, 2.75) is 38.8 Å². The maximum Gasteiger partial charge on any atom is 0.573 e. The summed E-state index contributed by atoms with van der Waals surface area (Å²) in [6.07, 6.45) is -9.02. The fourth-order valence-electron chi connectivity index (χ4n) is 1.98. The van der Waals surface area contributed by atoms with Crippen LogP contribution in [-0.2, 0) is 6.18 Å². The molecule has 0 aliphatic carbocycles. The van der Waals surface area contributed by atoms with Gasteiger partial charge in [0.05, 0.1) is 5.02 Å². The second-order valence-corrected chi connectivity index (χ2v) is 6.14. The first-order valence-corrected chi connectivity index (χ1v) is 8.30. The molecule has 5 nitrogen and oxygen atoms in total. The van der Waals surface area contributed by atoms with Gasteiger partial charge >= 0.3 is 12.5 Å². The summed E-state index contributed by atoms with van der Waals surface area (Å²) in [5.41, 5.74) is -1.07. The van der Waals surface area contributed by atoms with Gasteiger partial charge in [-0.1, -0.05) is 18.5 Å². The molecule has 1 aromatic carbocycles. The highest BCUT2D eigenvalue weighted by Crippen LogP contribution is 2.34. The van der Waals surface area contributed by atoms with Crippen molar-refractivity contribution in [3.8, 4) is 5.75 Å². The number of anilines is 3. The molecule has 0 saturated heterocycles. The van der Waals surface area contributed by atoms with Crippen molar-refractivity contribution in [3.63, 3.8) is 0 Å².